The zero-order valence-corrected chi connectivity index (χ0v) is 8.58. The number of hydrogen-bond acceptors (Lipinski definition) is 3. The van der Waals surface area contributed by atoms with Gasteiger partial charge >= 0.3 is 0 Å². The van der Waals surface area contributed by atoms with E-state index in [2.05, 4.69) is 4.98 Å². The molecular weight excluding hydrogens is 158 g/mol. The Bertz CT molecular complexity index is 188. The fourth-order valence-corrected chi connectivity index (χ4v) is 1.25. The first-order valence-electron chi connectivity index (χ1n) is 3.72. The van der Waals surface area contributed by atoms with E-state index >= 15 is 0 Å². The Hall–Kier alpha value is -0.570. The molecule has 1 heterocycles. The fraction of sp³-hybridized carbons (Fsp3) is 0.625. The number of aromatic nitrogens is 1. The van der Waals surface area contributed by atoms with E-state index in [9.17, 15) is 0 Å². The molecule has 0 saturated heterocycles. The number of aryl methyl sites for hydroxylation is 2. The summed E-state index contributed by atoms with van der Waals surface area (Å²) in [5.41, 5.74) is 1.07. The van der Waals surface area contributed by atoms with Crippen LogP contribution in [0.4, 0.5) is 0 Å². The zero-order chi connectivity index (χ0) is 8.85. The highest BCUT2D eigenvalue weighted by atomic mass is 32.1. The highest BCUT2D eigenvalue weighted by molar-refractivity contribution is 7.13. The van der Waals surface area contributed by atoms with Gasteiger partial charge in [0.05, 0.1) is 12.8 Å². The van der Waals surface area contributed by atoms with Gasteiger partial charge in [0.1, 0.15) is 0 Å². The number of nitrogens with zero attached hydrogens (tertiary/aromatic N) is 1. The molecule has 0 atom stereocenters. The van der Waals surface area contributed by atoms with E-state index in [4.69, 9.17) is 4.74 Å². The monoisotopic (exact) mass is 173 g/mol. The minimum absolute atomic E-state index is 0.755. The highest BCUT2D eigenvalue weighted by Crippen LogP contribution is 2.22. The van der Waals surface area contributed by atoms with Gasteiger partial charge in [-0.3, -0.25) is 0 Å². The zero-order valence-electron chi connectivity index (χ0n) is 7.76. The van der Waals surface area contributed by atoms with Crippen LogP contribution in [0.15, 0.2) is 0 Å². The fourth-order valence-electron chi connectivity index (χ4n) is 0.531. The van der Waals surface area contributed by atoms with Crippen molar-refractivity contribution in [3.8, 4) is 5.19 Å². The second-order valence-corrected chi connectivity index (χ2v) is 2.99. The molecule has 0 saturated carbocycles. The van der Waals surface area contributed by atoms with Crippen molar-refractivity contribution in [2.75, 3.05) is 7.11 Å². The van der Waals surface area contributed by atoms with Crippen LogP contribution in [-0.4, -0.2) is 12.1 Å². The summed E-state index contributed by atoms with van der Waals surface area (Å²) in [5.74, 6) is 0. The molecule has 11 heavy (non-hydrogen) atoms. The molecular formula is C8H15NOS. The Labute approximate surface area is 72.2 Å². The van der Waals surface area contributed by atoms with E-state index in [0.29, 0.717) is 0 Å². The minimum Gasteiger partial charge on any atom is -0.473 e. The normalized spacial score (nSPS) is 8.45. The molecule has 0 radical (unpaired) electrons. The Morgan fingerprint density at radius 3 is 2.00 bits per heavy atom. The largest absolute Gasteiger partial charge is 0.473 e. The first kappa shape index (κ1) is 10.4. The Morgan fingerprint density at radius 1 is 1.27 bits per heavy atom. The Kier molecular flexibility index (Phi) is 4.86. The summed E-state index contributed by atoms with van der Waals surface area (Å²) in [5, 5.41) is 0.755. The lowest BCUT2D eigenvalue weighted by Crippen LogP contribution is -1.79. The first-order chi connectivity index (χ1) is 5.24. The van der Waals surface area contributed by atoms with Crippen molar-refractivity contribution < 1.29 is 4.74 Å². The smallest absolute Gasteiger partial charge is 0.273 e. The second-order valence-electron chi connectivity index (χ2n) is 1.83. The van der Waals surface area contributed by atoms with Crippen molar-refractivity contribution >= 4 is 11.3 Å². The summed E-state index contributed by atoms with van der Waals surface area (Å²) < 4.78 is 4.92. The SMILES string of the molecule is CC.COc1nc(C)c(C)s1. The molecule has 0 bridgehead atoms. The van der Waals surface area contributed by atoms with Gasteiger partial charge in [0.15, 0.2) is 0 Å². The second kappa shape index (κ2) is 5.13. The van der Waals surface area contributed by atoms with Gasteiger partial charge in [0.25, 0.3) is 5.19 Å². The Morgan fingerprint density at radius 2 is 1.82 bits per heavy atom. The molecule has 1 aromatic rings. The van der Waals surface area contributed by atoms with Crippen molar-refractivity contribution in [2.24, 2.45) is 0 Å². The van der Waals surface area contributed by atoms with E-state index < -0.39 is 0 Å². The summed E-state index contributed by atoms with van der Waals surface area (Å²) in [7, 11) is 1.64. The van der Waals surface area contributed by atoms with Crippen molar-refractivity contribution in [2.45, 2.75) is 27.7 Å². The van der Waals surface area contributed by atoms with E-state index in [-0.39, 0.29) is 0 Å². The molecule has 0 aliphatic rings. The summed E-state index contributed by atoms with van der Waals surface area (Å²) in [4.78, 5) is 5.35. The number of ether oxygens (including phenoxy) is 1. The maximum Gasteiger partial charge on any atom is 0.273 e. The van der Waals surface area contributed by atoms with Gasteiger partial charge in [-0.15, -0.1) is 0 Å². The highest BCUT2D eigenvalue weighted by Gasteiger charge is 2.00. The lowest BCUT2D eigenvalue weighted by Gasteiger charge is -1.85. The Balaban J connectivity index is 0.000000461. The van der Waals surface area contributed by atoms with Crippen LogP contribution in [0.2, 0.25) is 0 Å². The topological polar surface area (TPSA) is 22.1 Å². The van der Waals surface area contributed by atoms with Crippen LogP contribution in [0.25, 0.3) is 0 Å². The minimum atomic E-state index is 0.755. The molecule has 0 N–H and O–H groups in total. The average Bonchev–Trinajstić information content (AvgIpc) is 2.36. The van der Waals surface area contributed by atoms with Crippen LogP contribution in [0.3, 0.4) is 0 Å². The van der Waals surface area contributed by atoms with Gasteiger partial charge in [0, 0.05) is 4.88 Å². The predicted octanol–water partition coefficient (Wildman–Crippen LogP) is 2.79. The number of thiazole rings is 1. The van der Waals surface area contributed by atoms with Crippen molar-refractivity contribution in [1.82, 2.24) is 4.98 Å². The molecule has 0 unspecified atom stereocenters. The number of methoxy groups -OCH3 is 1. The average molecular weight is 173 g/mol. The third-order valence-corrected chi connectivity index (χ3v) is 2.22. The molecule has 1 rings (SSSR count). The number of hydrogen-bond donors (Lipinski definition) is 0. The van der Waals surface area contributed by atoms with Crippen molar-refractivity contribution in [3.63, 3.8) is 0 Å². The van der Waals surface area contributed by atoms with Gasteiger partial charge in [-0.1, -0.05) is 25.2 Å². The van der Waals surface area contributed by atoms with Crippen LogP contribution in [0.5, 0.6) is 5.19 Å². The van der Waals surface area contributed by atoms with Crippen LogP contribution in [-0.2, 0) is 0 Å². The molecule has 0 aliphatic heterocycles. The third kappa shape index (κ3) is 2.89. The third-order valence-electron chi connectivity index (χ3n) is 1.18. The lowest BCUT2D eigenvalue weighted by atomic mass is 10.4. The van der Waals surface area contributed by atoms with Gasteiger partial charge in [-0.2, -0.15) is 0 Å². The predicted molar refractivity (Wildman–Crippen MR) is 49.5 cm³/mol. The molecule has 0 spiro atoms. The van der Waals surface area contributed by atoms with Gasteiger partial charge < -0.3 is 4.74 Å². The lowest BCUT2D eigenvalue weighted by molar-refractivity contribution is 0.411. The van der Waals surface area contributed by atoms with Crippen molar-refractivity contribution in [3.05, 3.63) is 10.6 Å². The molecule has 2 nitrogen and oxygen atoms in total. The van der Waals surface area contributed by atoms with Crippen LogP contribution >= 0.6 is 11.3 Å². The molecule has 0 aliphatic carbocycles. The first-order valence-corrected chi connectivity index (χ1v) is 4.53. The van der Waals surface area contributed by atoms with Gasteiger partial charge in [-0.25, -0.2) is 4.98 Å². The molecule has 0 fully saturated rings. The molecule has 0 amide bonds. The summed E-state index contributed by atoms with van der Waals surface area (Å²) in [6.07, 6.45) is 0. The van der Waals surface area contributed by atoms with E-state index in [1.165, 1.54) is 4.88 Å². The van der Waals surface area contributed by atoms with Crippen LogP contribution in [0.1, 0.15) is 24.4 Å². The van der Waals surface area contributed by atoms with E-state index in [0.717, 1.165) is 10.9 Å². The van der Waals surface area contributed by atoms with Crippen LogP contribution in [0, 0.1) is 13.8 Å². The maximum absolute atomic E-state index is 4.92. The molecule has 3 heteroatoms. The van der Waals surface area contributed by atoms with Gasteiger partial charge in [0.2, 0.25) is 0 Å². The quantitative estimate of drug-likeness (QED) is 0.651. The standard InChI is InChI=1S/C6H9NOS.C2H6/c1-4-5(2)9-6(7-4)8-3;1-2/h1-3H3;1-2H3. The summed E-state index contributed by atoms with van der Waals surface area (Å²) in [6, 6.07) is 0. The van der Waals surface area contributed by atoms with E-state index in [1.54, 1.807) is 18.4 Å². The molecule has 0 aromatic carbocycles. The van der Waals surface area contributed by atoms with E-state index in [1.807, 2.05) is 27.7 Å². The van der Waals surface area contributed by atoms with Gasteiger partial charge in [-0.05, 0) is 13.8 Å². The summed E-state index contributed by atoms with van der Waals surface area (Å²) in [6.45, 7) is 8.02. The van der Waals surface area contributed by atoms with Crippen LogP contribution < -0.4 is 4.74 Å². The molecule has 64 valence electrons. The number of rotatable bonds is 1. The van der Waals surface area contributed by atoms with Crippen molar-refractivity contribution in [1.29, 1.82) is 0 Å². The molecule has 1 aromatic heterocycles. The maximum atomic E-state index is 4.92. The summed E-state index contributed by atoms with van der Waals surface area (Å²) >= 11 is 1.58.